The minimum atomic E-state index is -1.22. The van der Waals surface area contributed by atoms with Crippen molar-refractivity contribution < 1.29 is 14.4 Å². The van der Waals surface area contributed by atoms with Gasteiger partial charge in [-0.25, -0.2) is 0 Å². The number of rotatable bonds is 3. The lowest BCUT2D eigenvalue weighted by molar-refractivity contribution is -0.492. The molecule has 1 atom stereocenters. The molecule has 0 aliphatic heterocycles. The third-order valence-electron chi connectivity index (χ3n) is 1.99. The summed E-state index contributed by atoms with van der Waals surface area (Å²) in [5.41, 5.74) is 0.509. The van der Waals surface area contributed by atoms with Crippen LogP contribution in [0.5, 0.6) is 0 Å². The molecule has 6 heteroatoms. The molecule has 0 fully saturated rings. The van der Waals surface area contributed by atoms with Crippen molar-refractivity contribution in [2.75, 3.05) is 6.54 Å². The molecule has 15 heavy (non-hydrogen) atoms. The fourth-order valence-electron chi connectivity index (χ4n) is 1.30. The summed E-state index contributed by atoms with van der Waals surface area (Å²) in [6.45, 7) is -0.562. The van der Waals surface area contributed by atoms with Gasteiger partial charge in [0, 0.05) is 16.5 Å². The summed E-state index contributed by atoms with van der Waals surface area (Å²) in [4.78, 5) is 13.4. The number of nitro groups is 1. The second-order valence-corrected chi connectivity index (χ2v) is 3.09. The second kappa shape index (κ2) is 3.66. The zero-order valence-electron chi connectivity index (χ0n) is 7.66. The Kier molecular flexibility index (Phi) is 2.34. The van der Waals surface area contributed by atoms with Gasteiger partial charge in [0.2, 0.25) is 6.54 Å². The predicted octanol–water partition coefficient (Wildman–Crippen LogP) is 1.14. The molecule has 0 amide bonds. The average Bonchev–Trinajstić information content (AvgIpc) is 2.59. The number of aliphatic hydroxyl groups excluding tert-OH is 1. The molecule has 0 spiro atoms. The van der Waals surface area contributed by atoms with Gasteiger partial charge in [-0.2, -0.15) is 0 Å². The van der Waals surface area contributed by atoms with Gasteiger partial charge in [-0.05, 0) is 12.1 Å². The SMILES string of the molecule is O=[N+]([O-])CC(O)c1cc2ccncc2o1. The summed E-state index contributed by atoms with van der Waals surface area (Å²) in [5.74, 6) is 0.190. The zero-order chi connectivity index (χ0) is 10.8. The summed E-state index contributed by atoms with van der Waals surface area (Å²) in [6.07, 6.45) is 1.87. The molecule has 0 aliphatic rings. The third kappa shape index (κ3) is 1.94. The molecule has 2 aromatic rings. The Labute approximate surface area is 84.3 Å². The minimum absolute atomic E-state index is 0.190. The lowest BCUT2D eigenvalue weighted by Crippen LogP contribution is -2.10. The van der Waals surface area contributed by atoms with E-state index in [0.717, 1.165) is 5.39 Å². The van der Waals surface area contributed by atoms with Gasteiger partial charge in [-0.3, -0.25) is 15.1 Å². The van der Waals surface area contributed by atoms with E-state index >= 15 is 0 Å². The maximum absolute atomic E-state index is 10.2. The van der Waals surface area contributed by atoms with Crippen LogP contribution in [-0.4, -0.2) is 21.6 Å². The van der Waals surface area contributed by atoms with Crippen LogP contribution in [0.15, 0.2) is 28.9 Å². The number of aromatic nitrogens is 1. The van der Waals surface area contributed by atoms with Crippen LogP contribution in [-0.2, 0) is 0 Å². The molecule has 2 heterocycles. The van der Waals surface area contributed by atoms with Gasteiger partial charge >= 0.3 is 0 Å². The summed E-state index contributed by atoms with van der Waals surface area (Å²) in [7, 11) is 0. The monoisotopic (exact) mass is 208 g/mol. The van der Waals surface area contributed by atoms with Gasteiger partial charge in [-0.15, -0.1) is 0 Å². The van der Waals surface area contributed by atoms with Crippen molar-refractivity contribution in [2.24, 2.45) is 0 Å². The number of furan rings is 1. The van der Waals surface area contributed by atoms with E-state index in [1.165, 1.54) is 6.20 Å². The van der Waals surface area contributed by atoms with E-state index in [1.807, 2.05) is 0 Å². The maximum atomic E-state index is 10.2. The van der Waals surface area contributed by atoms with E-state index in [4.69, 9.17) is 4.42 Å². The molecular formula is C9H8N2O4. The van der Waals surface area contributed by atoms with E-state index in [-0.39, 0.29) is 5.76 Å². The first-order chi connectivity index (χ1) is 7.16. The molecule has 2 aromatic heterocycles. The minimum Gasteiger partial charge on any atom is -0.456 e. The molecule has 0 aromatic carbocycles. The quantitative estimate of drug-likeness (QED) is 0.603. The van der Waals surface area contributed by atoms with Crippen molar-refractivity contribution in [3.8, 4) is 0 Å². The van der Waals surface area contributed by atoms with E-state index in [1.54, 1.807) is 18.3 Å². The normalized spacial score (nSPS) is 12.9. The van der Waals surface area contributed by atoms with Crippen molar-refractivity contribution in [1.82, 2.24) is 4.98 Å². The number of aliphatic hydroxyl groups is 1. The molecule has 0 aliphatic carbocycles. The fraction of sp³-hybridized carbons (Fsp3) is 0.222. The highest BCUT2D eigenvalue weighted by Crippen LogP contribution is 2.22. The summed E-state index contributed by atoms with van der Waals surface area (Å²) >= 11 is 0. The molecule has 6 nitrogen and oxygen atoms in total. The number of hydrogen-bond acceptors (Lipinski definition) is 5. The van der Waals surface area contributed by atoms with Crippen LogP contribution in [0.2, 0.25) is 0 Å². The molecule has 2 rings (SSSR count). The third-order valence-corrected chi connectivity index (χ3v) is 1.99. The smallest absolute Gasteiger partial charge is 0.236 e. The maximum Gasteiger partial charge on any atom is 0.236 e. The lowest BCUT2D eigenvalue weighted by atomic mass is 10.2. The van der Waals surface area contributed by atoms with Crippen molar-refractivity contribution in [3.05, 3.63) is 40.4 Å². The van der Waals surface area contributed by atoms with Gasteiger partial charge in [0.1, 0.15) is 5.76 Å². The fourth-order valence-corrected chi connectivity index (χ4v) is 1.30. The van der Waals surface area contributed by atoms with Crippen LogP contribution >= 0.6 is 0 Å². The summed E-state index contributed by atoms with van der Waals surface area (Å²) in [5, 5.41) is 20.4. The van der Waals surface area contributed by atoms with Gasteiger partial charge in [-0.1, -0.05) is 0 Å². The zero-order valence-corrected chi connectivity index (χ0v) is 7.66. The van der Waals surface area contributed by atoms with Gasteiger partial charge < -0.3 is 9.52 Å². The molecule has 0 bridgehead atoms. The van der Waals surface area contributed by atoms with Crippen LogP contribution in [0.1, 0.15) is 11.9 Å². The van der Waals surface area contributed by atoms with Crippen molar-refractivity contribution >= 4 is 11.0 Å². The predicted molar refractivity (Wildman–Crippen MR) is 50.8 cm³/mol. The molecule has 1 unspecified atom stereocenters. The molecule has 0 saturated carbocycles. The molecular weight excluding hydrogens is 200 g/mol. The van der Waals surface area contributed by atoms with Gasteiger partial charge in [0.15, 0.2) is 11.7 Å². The van der Waals surface area contributed by atoms with Gasteiger partial charge in [0.05, 0.1) is 6.20 Å². The first-order valence-electron chi connectivity index (χ1n) is 4.30. The topological polar surface area (TPSA) is 89.4 Å². The Morgan fingerprint density at radius 1 is 1.67 bits per heavy atom. The van der Waals surface area contributed by atoms with Gasteiger partial charge in [0.25, 0.3) is 0 Å². The van der Waals surface area contributed by atoms with Crippen LogP contribution in [0.25, 0.3) is 11.0 Å². The highest BCUT2D eigenvalue weighted by Gasteiger charge is 2.18. The Morgan fingerprint density at radius 2 is 2.47 bits per heavy atom. The van der Waals surface area contributed by atoms with Crippen LogP contribution in [0, 0.1) is 10.1 Å². The van der Waals surface area contributed by atoms with Crippen molar-refractivity contribution in [2.45, 2.75) is 6.10 Å². The highest BCUT2D eigenvalue weighted by atomic mass is 16.6. The standard InChI is InChI=1S/C9H8N2O4/c12-7(5-11(13)14)8-3-6-1-2-10-4-9(6)15-8/h1-4,7,12H,5H2. The lowest BCUT2D eigenvalue weighted by Gasteiger charge is -1.99. The Balaban J connectivity index is 2.32. The van der Waals surface area contributed by atoms with E-state index in [2.05, 4.69) is 4.98 Å². The van der Waals surface area contributed by atoms with Crippen molar-refractivity contribution in [3.63, 3.8) is 0 Å². The van der Waals surface area contributed by atoms with Crippen molar-refractivity contribution in [1.29, 1.82) is 0 Å². The second-order valence-electron chi connectivity index (χ2n) is 3.09. The molecule has 78 valence electrons. The molecule has 0 radical (unpaired) electrons. The Morgan fingerprint density at radius 3 is 3.13 bits per heavy atom. The van der Waals surface area contributed by atoms with E-state index in [0.29, 0.717) is 5.58 Å². The first kappa shape index (κ1) is 9.60. The number of fused-ring (bicyclic) bond motifs is 1. The van der Waals surface area contributed by atoms with E-state index < -0.39 is 17.6 Å². The van der Waals surface area contributed by atoms with E-state index in [9.17, 15) is 15.2 Å². The highest BCUT2D eigenvalue weighted by molar-refractivity contribution is 5.76. The van der Waals surface area contributed by atoms with Crippen LogP contribution < -0.4 is 0 Å². The number of nitrogens with zero attached hydrogens (tertiary/aromatic N) is 2. The molecule has 0 saturated heterocycles. The summed E-state index contributed by atoms with van der Waals surface area (Å²) < 4.78 is 5.21. The largest absolute Gasteiger partial charge is 0.456 e. The van der Waals surface area contributed by atoms with Crippen LogP contribution in [0.4, 0.5) is 0 Å². The Bertz CT molecular complexity index is 461. The first-order valence-corrected chi connectivity index (χ1v) is 4.30. The number of pyridine rings is 1. The molecule has 1 N–H and O–H groups in total. The average molecular weight is 208 g/mol. The number of hydrogen-bond donors (Lipinski definition) is 1. The summed E-state index contributed by atoms with van der Waals surface area (Å²) in [6, 6.07) is 3.28. The van der Waals surface area contributed by atoms with Crippen LogP contribution in [0.3, 0.4) is 0 Å². The Hall–Kier alpha value is -1.95.